The summed E-state index contributed by atoms with van der Waals surface area (Å²) < 4.78 is 5.16. The van der Waals surface area contributed by atoms with Crippen molar-refractivity contribution >= 4 is 29.1 Å². The first-order chi connectivity index (χ1) is 12.2. The Labute approximate surface area is 150 Å². The van der Waals surface area contributed by atoms with Crippen LogP contribution in [0.3, 0.4) is 0 Å². The quantitative estimate of drug-likeness (QED) is 0.746. The molecule has 25 heavy (non-hydrogen) atoms. The van der Waals surface area contributed by atoms with Crippen LogP contribution in [0.2, 0.25) is 0 Å². The maximum atomic E-state index is 12.9. The van der Waals surface area contributed by atoms with Gasteiger partial charge >= 0.3 is 0 Å². The molecule has 5 nitrogen and oxygen atoms in total. The fourth-order valence-electron chi connectivity index (χ4n) is 2.66. The van der Waals surface area contributed by atoms with Gasteiger partial charge in [-0.2, -0.15) is 0 Å². The second-order valence-electron chi connectivity index (χ2n) is 5.42. The van der Waals surface area contributed by atoms with Crippen molar-refractivity contribution in [1.29, 1.82) is 0 Å². The van der Waals surface area contributed by atoms with E-state index in [-0.39, 0.29) is 18.4 Å². The van der Waals surface area contributed by atoms with Crippen molar-refractivity contribution in [3.05, 3.63) is 64.8 Å². The van der Waals surface area contributed by atoms with Crippen LogP contribution in [-0.4, -0.2) is 34.6 Å². The fraction of sp³-hybridized carbons (Fsp3) is 0.211. The Kier molecular flexibility index (Phi) is 5.19. The normalized spacial score (nSPS) is 14.4. The molecule has 2 heterocycles. The van der Waals surface area contributed by atoms with E-state index in [1.54, 1.807) is 37.7 Å². The summed E-state index contributed by atoms with van der Waals surface area (Å²) in [7, 11) is 1.59. The van der Waals surface area contributed by atoms with Gasteiger partial charge in [-0.1, -0.05) is 25.1 Å². The molecule has 3 rings (SSSR count). The van der Waals surface area contributed by atoms with Crippen molar-refractivity contribution in [2.75, 3.05) is 12.9 Å². The minimum atomic E-state index is -0.269. The molecule has 2 amide bonds. The van der Waals surface area contributed by atoms with Crippen LogP contribution in [0.1, 0.15) is 18.1 Å². The van der Waals surface area contributed by atoms with Crippen molar-refractivity contribution in [3.63, 3.8) is 0 Å². The van der Waals surface area contributed by atoms with Gasteiger partial charge in [0.2, 0.25) is 0 Å². The highest BCUT2D eigenvalue weighted by atomic mass is 32.2. The number of benzene rings is 1. The van der Waals surface area contributed by atoms with Crippen LogP contribution in [0.5, 0.6) is 5.75 Å². The number of ether oxygens (including phenoxy) is 1. The van der Waals surface area contributed by atoms with Gasteiger partial charge in [0.25, 0.3) is 11.8 Å². The Balaban J connectivity index is 1.95. The van der Waals surface area contributed by atoms with E-state index in [0.717, 1.165) is 16.9 Å². The zero-order valence-electron chi connectivity index (χ0n) is 14.1. The van der Waals surface area contributed by atoms with Gasteiger partial charge in [0.05, 0.1) is 24.1 Å². The topological polar surface area (TPSA) is 59.5 Å². The summed E-state index contributed by atoms with van der Waals surface area (Å²) in [6.07, 6.45) is 3.33. The van der Waals surface area contributed by atoms with Crippen molar-refractivity contribution in [2.45, 2.75) is 13.5 Å². The largest absolute Gasteiger partial charge is 0.497 e. The van der Waals surface area contributed by atoms with Gasteiger partial charge in [-0.25, -0.2) is 0 Å². The number of aromatic nitrogens is 1. The van der Waals surface area contributed by atoms with Crippen LogP contribution < -0.4 is 4.74 Å². The Hall–Kier alpha value is -2.60. The lowest BCUT2D eigenvalue weighted by Gasteiger charge is -2.15. The second-order valence-corrected chi connectivity index (χ2v) is 6.70. The number of hydrogen-bond acceptors (Lipinski definition) is 5. The van der Waals surface area contributed by atoms with Gasteiger partial charge < -0.3 is 4.74 Å². The number of amides is 2. The van der Waals surface area contributed by atoms with E-state index in [9.17, 15) is 9.59 Å². The van der Waals surface area contributed by atoms with E-state index in [4.69, 9.17) is 4.74 Å². The number of methoxy groups -OCH3 is 1. The van der Waals surface area contributed by atoms with E-state index in [1.807, 2.05) is 25.1 Å². The number of pyridine rings is 1. The first-order valence-corrected chi connectivity index (χ1v) is 8.90. The molecular formula is C19H18N2O3S. The highest BCUT2D eigenvalue weighted by molar-refractivity contribution is 8.04. The summed E-state index contributed by atoms with van der Waals surface area (Å²) in [5, 5.41) is 0. The van der Waals surface area contributed by atoms with Gasteiger partial charge in [-0.15, -0.1) is 11.8 Å². The maximum Gasteiger partial charge on any atom is 0.268 e. The lowest BCUT2D eigenvalue weighted by atomic mass is 10.1. The molecule has 1 aliphatic rings. The third-order valence-electron chi connectivity index (χ3n) is 3.86. The second kappa shape index (κ2) is 7.53. The van der Waals surface area contributed by atoms with E-state index in [2.05, 4.69) is 4.98 Å². The van der Waals surface area contributed by atoms with Crippen molar-refractivity contribution in [3.8, 4) is 5.75 Å². The highest BCUT2D eigenvalue weighted by Crippen LogP contribution is 2.37. The average Bonchev–Trinajstić information content (AvgIpc) is 2.87. The number of hydrogen-bond donors (Lipinski definition) is 0. The fourth-order valence-corrected chi connectivity index (χ4v) is 3.53. The van der Waals surface area contributed by atoms with Gasteiger partial charge in [-0.05, 0) is 35.1 Å². The lowest BCUT2D eigenvalue weighted by Crippen LogP contribution is -2.31. The summed E-state index contributed by atoms with van der Waals surface area (Å²) in [5.74, 6) is 0.911. The van der Waals surface area contributed by atoms with Gasteiger partial charge in [0.15, 0.2) is 0 Å². The summed E-state index contributed by atoms with van der Waals surface area (Å²) in [6.45, 7) is 2.18. The molecule has 0 saturated heterocycles. The predicted molar refractivity (Wildman–Crippen MR) is 97.8 cm³/mol. The van der Waals surface area contributed by atoms with Crippen LogP contribution in [0.4, 0.5) is 0 Å². The summed E-state index contributed by atoms with van der Waals surface area (Å²) >= 11 is 1.40. The molecule has 0 radical (unpaired) electrons. The average molecular weight is 354 g/mol. The number of carbonyl (C=O) groups excluding carboxylic acids is 2. The molecular weight excluding hydrogens is 336 g/mol. The van der Waals surface area contributed by atoms with Crippen molar-refractivity contribution < 1.29 is 14.3 Å². The number of rotatable bonds is 6. The molecule has 0 unspecified atom stereocenters. The molecule has 1 aromatic carbocycles. The van der Waals surface area contributed by atoms with Gasteiger partial charge in [0.1, 0.15) is 5.75 Å². The van der Waals surface area contributed by atoms with E-state index >= 15 is 0 Å². The molecule has 1 aliphatic heterocycles. The number of imide groups is 1. The zero-order chi connectivity index (χ0) is 17.8. The Morgan fingerprint density at radius 2 is 1.88 bits per heavy atom. The van der Waals surface area contributed by atoms with Crippen LogP contribution >= 0.6 is 11.8 Å². The van der Waals surface area contributed by atoms with Crippen molar-refractivity contribution in [1.82, 2.24) is 9.88 Å². The first-order valence-electron chi connectivity index (χ1n) is 7.92. The SMILES string of the molecule is CCSC1=C(c2ccc(OC)cc2)C(=O)N(Cc2cccnc2)C1=O. The molecule has 0 spiro atoms. The van der Waals surface area contributed by atoms with Crippen LogP contribution in [-0.2, 0) is 16.1 Å². The standard InChI is InChI=1S/C19H18N2O3S/c1-3-25-17-16(14-6-8-15(24-2)9-7-14)18(22)21(19(17)23)12-13-5-4-10-20-11-13/h4-11H,3,12H2,1-2H3. The highest BCUT2D eigenvalue weighted by Gasteiger charge is 2.38. The Morgan fingerprint density at radius 1 is 1.12 bits per heavy atom. The number of carbonyl (C=O) groups is 2. The minimum absolute atomic E-state index is 0.221. The Morgan fingerprint density at radius 3 is 2.48 bits per heavy atom. The molecule has 0 atom stereocenters. The van der Waals surface area contributed by atoms with Gasteiger partial charge in [0, 0.05) is 12.4 Å². The zero-order valence-corrected chi connectivity index (χ0v) is 14.9. The summed E-state index contributed by atoms with van der Waals surface area (Å²) in [6, 6.07) is 10.8. The third kappa shape index (κ3) is 3.44. The minimum Gasteiger partial charge on any atom is -0.497 e. The molecule has 0 N–H and O–H groups in total. The first kappa shape index (κ1) is 17.2. The number of thioether (sulfide) groups is 1. The molecule has 0 bridgehead atoms. The molecule has 1 aromatic heterocycles. The van der Waals surface area contributed by atoms with Crippen LogP contribution in [0.15, 0.2) is 53.7 Å². The molecule has 6 heteroatoms. The summed E-state index contributed by atoms with van der Waals surface area (Å²) in [4.78, 5) is 31.6. The lowest BCUT2D eigenvalue weighted by molar-refractivity contribution is -0.137. The summed E-state index contributed by atoms with van der Waals surface area (Å²) in [5.41, 5.74) is 2.01. The number of nitrogens with zero attached hydrogens (tertiary/aromatic N) is 2. The molecule has 128 valence electrons. The molecule has 0 saturated carbocycles. The van der Waals surface area contributed by atoms with Crippen LogP contribution in [0, 0.1) is 0 Å². The van der Waals surface area contributed by atoms with E-state index in [1.165, 1.54) is 16.7 Å². The monoisotopic (exact) mass is 354 g/mol. The molecule has 0 aliphatic carbocycles. The van der Waals surface area contributed by atoms with E-state index < -0.39 is 0 Å². The van der Waals surface area contributed by atoms with Crippen LogP contribution in [0.25, 0.3) is 5.57 Å². The van der Waals surface area contributed by atoms with Crippen molar-refractivity contribution in [2.24, 2.45) is 0 Å². The van der Waals surface area contributed by atoms with E-state index in [0.29, 0.717) is 16.2 Å². The molecule has 0 fully saturated rings. The maximum absolute atomic E-state index is 12.9. The van der Waals surface area contributed by atoms with Gasteiger partial charge in [-0.3, -0.25) is 19.5 Å². The third-order valence-corrected chi connectivity index (χ3v) is 4.81. The predicted octanol–water partition coefficient (Wildman–Crippen LogP) is 3.12. The molecule has 2 aromatic rings. The Bertz CT molecular complexity index is 816. The smallest absolute Gasteiger partial charge is 0.268 e.